The van der Waals surface area contributed by atoms with Gasteiger partial charge in [-0.25, -0.2) is 4.98 Å². The SMILES string of the molecule is Nc1nc(CN2CCN(c3ccccn3)CC2)nc(Nc2ccc(Oc3ccccc3)cc2)n1. The molecule has 0 atom stereocenters. The number of hydrogen-bond acceptors (Lipinski definition) is 9. The third kappa shape index (κ3) is 5.57. The third-order valence-electron chi connectivity index (χ3n) is 5.50. The molecule has 4 aromatic rings. The van der Waals surface area contributed by atoms with Crippen LogP contribution in [0, 0.1) is 0 Å². The summed E-state index contributed by atoms with van der Waals surface area (Å²) < 4.78 is 5.84. The van der Waals surface area contributed by atoms with Gasteiger partial charge in [0.2, 0.25) is 11.9 Å². The number of nitrogens with two attached hydrogens (primary N) is 1. The van der Waals surface area contributed by atoms with Crippen LogP contribution in [0.3, 0.4) is 0 Å². The van der Waals surface area contributed by atoms with Gasteiger partial charge in [0, 0.05) is 38.1 Å². The van der Waals surface area contributed by atoms with E-state index in [2.05, 4.69) is 35.1 Å². The standard InChI is InChI=1S/C25H26N8O/c26-24-29-22(18-32-14-16-33(17-15-32)23-8-4-5-13-27-23)30-25(31-24)28-19-9-11-21(12-10-19)34-20-6-2-1-3-7-20/h1-13H,14-18H2,(H3,26,28,29,30,31). The number of hydrogen-bond donors (Lipinski definition) is 2. The van der Waals surface area contributed by atoms with Crippen LogP contribution < -0.4 is 20.7 Å². The average Bonchev–Trinajstić information content (AvgIpc) is 2.87. The van der Waals surface area contributed by atoms with Crippen LogP contribution in [-0.4, -0.2) is 51.0 Å². The first-order valence-corrected chi connectivity index (χ1v) is 11.2. The summed E-state index contributed by atoms with van der Waals surface area (Å²) in [5.41, 5.74) is 6.80. The van der Waals surface area contributed by atoms with Gasteiger partial charge >= 0.3 is 0 Å². The molecule has 2 aromatic heterocycles. The van der Waals surface area contributed by atoms with E-state index >= 15 is 0 Å². The van der Waals surface area contributed by atoms with Crippen LogP contribution in [0.15, 0.2) is 79.0 Å². The summed E-state index contributed by atoms with van der Waals surface area (Å²) in [6, 6.07) is 23.3. The number of piperazine rings is 1. The van der Waals surface area contributed by atoms with Crippen LogP contribution in [-0.2, 0) is 6.54 Å². The maximum absolute atomic E-state index is 5.97. The van der Waals surface area contributed by atoms with Crippen LogP contribution in [0.5, 0.6) is 11.5 Å². The molecular formula is C25H26N8O. The van der Waals surface area contributed by atoms with Gasteiger partial charge in [0.15, 0.2) is 0 Å². The average molecular weight is 455 g/mol. The molecule has 5 rings (SSSR count). The zero-order chi connectivity index (χ0) is 23.2. The monoisotopic (exact) mass is 454 g/mol. The number of nitrogens with one attached hydrogen (secondary N) is 1. The van der Waals surface area contributed by atoms with Gasteiger partial charge in [0.1, 0.15) is 23.1 Å². The molecule has 3 heterocycles. The number of ether oxygens (including phenoxy) is 1. The second kappa shape index (κ2) is 10.1. The Morgan fingerprint density at radius 2 is 1.53 bits per heavy atom. The first-order valence-electron chi connectivity index (χ1n) is 11.2. The quantitative estimate of drug-likeness (QED) is 0.432. The minimum atomic E-state index is 0.198. The summed E-state index contributed by atoms with van der Waals surface area (Å²) in [7, 11) is 0. The Kier molecular flexibility index (Phi) is 6.44. The van der Waals surface area contributed by atoms with Crippen molar-refractivity contribution in [3.63, 3.8) is 0 Å². The summed E-state index contributed by atoms with van der Waals surface area (Å²) in [6.07, 6.45) is 1.83. The third-order valence-corrected chi connectivity index (χ3v) is 5.50. The molecule has 1 aliphatic rings. The summed E-state index contributed by atoms with van der Waals surface area (Å²) in [5, 5.41) is 3.21. The zero-order valence-corrected chi connectivity index (χ0v) is 18.7. The number of nitrogen functional groups attached to an aromatic ring is 1. The molecule has 2 aromatic carbocycles. The van der Waals surface area contributed by atoms with E-state index < -0.39 is 0 Å². The summed E-state index contributed by atoms with van der Waals surface area (Å²) in [5.74, 6) is 3.81. The molecule has 0 amide bonds. The normalized spacial score (nSPS) is 14.1. The van der Waals surface area contributed by atoms with Crippen LogP contribution in [0.2, 0.25) is 0 Å². The number of rotatable bonds is 7. The highest BCUT2D eigenvalue weighted by atomic mass is 16.5. The van der Waals surface area contributed by atoms with E-state index in [4.69, 9.17) is 10.5 Å². The van der Waals surface area contributed by atoms with Gasteiger partial charge in [-0.15, -0.1) is 0 Å². The molecule has 34 heavy (non-hydrogen) atoms. The summed E-state index contributed by atoms with van der Waals surface area (Å²) in [4.78, 5) is 22.2. The smallest absolute Gasteiger partial charge is 0.232 e. The van der Waals surface area contributed by atoms with Crippen LogP contribution >= 0.6 is 0 Å². The van der Waals surface area contributed by atoms with Crippen molar-refractivity contribution in [3.05, 3.63) is 84.8 Å². The number of anilines is 4. The van der Waals surface area contributed by atoms with Gasteiger partial charge in [-0.3, -0.25) is 4.90 Å². The maximum atomic E-state index is 5.97. The Labute approximate surface area is 198 Å². The van der Waals surface area contributed by atoms with E-state index in [1.807, 2.05) is 79.0 Å². The molecular weight excluding hydrogens is 428 g/mol. The van der Waals surface area contributed by atoms with Crippen molar-refractivity contribution in [1.82, 2.24) is 24.8 Å². The lowest BCUT2D eigenvalue weighted by molar-refractivity contribution is 0.243. The number of nitrogens with zero attached hydrogens (tertiary/aromatic N) is 6. The van der Waals surface area contributed by atoms with Crippen LogP contribution in [0.1, 0.15) is 5.82 Å². The first-order chi connectivity index (χ1) is 16.7. The van der Waals surface area contributed by atoms with Gasteiger partial charge in [-0.1, -0.05) is 24.3 Å². The molecule has 172 valence electrons. The number of para-hydroxylation sites is 1. The Bertz CT molecular complexity index is 1200. The molecule has 0 unspecified atom stereocenters. The summed E-state index contributed by atoms with van der Waals surface area (Å²) >= 11 is 0. The molecule has 9 nitrogen and oxygen atoms in total. The predicted molar refractivity (Wildman–Crippen MR) is 132 cm³/mol. The Morgan fingerprint density at radius 1 is 0.794 bits per heavy atom. The fraction of sp³-hybridized carbons (Fsp3) is 0.200. The number of pyridine rings is 1. The fourth-order valence-corrected chi connectivity index (χ4v) is 3.80. The summed E-state index contributed by atoms with van der Waals surface area (Å²) in [6.45, 7) is 4.21. The fourth-order valence-electron chi connectivity index (χ4n) is 3.80. The van der Waals surface area contributed by atoms with Gasteiger partial charge in [-0.2, -0.15) is 15.0 Å². The van der Waals surface area contributed by atoms with Crippen molar-refractivity contribution in [2.75, 3.05) is 42.1 Å². The van der Waals surface area contributed by atoms with Crippen molar-refractivity contribution < 1.29 is 4.74 Å². The lowest BCUT2D eigenvalue weighted by atomic mass is 10.3. The number of aromatic nitrogens is 4. The van der Waals surface area contributed by atoms with Gasteiger partial charge in [0.05, 0.1) is 6.54 Å². The Morgan fingerprint density at radius 3 is 2.26 bits per heavy atom. The lowest BCUT2D eigenvalue weighted by Crippen LogP contribution is -2.46. The van der Waals surface area contributed by atoms with E-state index in [0.29, 0.717) is 18.3 Å². The second-order valence-electron chi connectivity index (χ2n) is 7.95. The van der Waals surface area contributed by atoms with Crippen molar-refractivity contribution in [2.45, 2.75) is 6.54 Å². The van der Waals surface area contributed by atoms with Gasteiger partial charge < -0.3 is 20.7 Å². The molecule has 1 aliphatic heterocycles. The van der Waals surface area contributed by atoms with E-state index in [9.17, 15) is 0 Å². The minimum Gasteiger partial charge on any atom is -0.457 e. The van der Waals surface area contributed by atoms with Crippen molar-refractivity contribution >= 4 is 23.4 Å². The highest BCUT2D eigenvalue weighted by Gasteiger charge is 2.19. The van der Waals surface area contributed by atoms with E-state index in [0.717, 1.165) is 49.2 Å². The first kappa shape index (κ1) is 21.6. The molecule has 1 saturated heterocycles. The predicted octanol–water partition coefficient (Wildman–Crippen LogP) is 3.71. The topological polar surface area (TPSA) is 105 Å². The highest BCUT2D eigenvalue weighted by Crippen LogP contribution is 2.24. The number of benzene rings is 2. The molecule has 3 N–H and O–H groups in total. The maximum Gasteiger partial charge on any atom is 0.232 e. The zero-order valence-electron chi connectivity index (χ0n) is 18.7. The van der Waals surface area contributed by atoms with E-state index in [1.165, 1.54) is 0 Å². The van der Waals surface area contributed by atoms with Crippen molar-refractivity contribution in [2.24, 2.45) is 0 Å². The molecule has 1 fully saturated rings. The lowest BCUT2D eigenvalue weighted by Gasteiger charge is -2.34. The molecule has 0 spiro atoms. The highest BCUT2D eigenvalue weighted by molar-refractivity contribution is 5.55. The van der Waals surface area contributed by atoms with Gasteiger partial charge in [-0.05, 0) is 48.5 Å². The Hall–Kier alpha value is -4.24. The molecule has 0 radical (unpaired) electrons. The van der Waals surface area contributed by atoms with Crippen LogP contribution in [0.4, 0.5) is 23.4 Å². The second-order valence-corrected chi connectivity index (χ2v) is 7.95. The van der Waals surface area contributed by atoms with E-state index in [1.54, 1.807) is 0 Å². The largest absolute Gasteiger partial charge is 0.457 e. The minimum absolute atomic E-state index is 0.198. The van der Waals surface area contributed by atoms with Crippen molar-refractivity contribution in [3.8, 4) is 11.5 Å². The molecule has 9 heteroatoms. The molecule has 0 bridgehead atoms. The van der Waals surface area contributed by atoms with Crippen LogP contribution in [0.25, 0.3) is 0 Å². The molecule has 0 aliphatic carbocycles. The van der Waals surface area contributed by atoms with Gasteiger partial charge in [0.25, 0.3) is 0 Å². The molecule has 0 saturated carbocycles. The Balaban J connectivity index is 1.19. The van der Waals surface area contributed by atoms with Crippen molar-refractivity contribution in [1.29, 1.82) is 0 Å². The van der Waals surface area contributed by atoms with E-state index in [-0.39, 0.29) is 5.95 Å².